The largest absolute Gasteiger partial charge is 0.481 e. The Labute approximate surface area is 148 Å². The molecule has 0 saturated heterocycles. The van der Waals surface area contributed by atoms with Crippen molar-refractivity contribution < 1.29 is 19.5 Å². The van der Waals surface area contributed by atoms with Gasteiger partial charge in [0, 0.05) is 18.3 Å². The maximum atomic E-state index is 12.9. The number of hydrogen-bond acceptors (Lipinski definition) is 3. The standard InChI is InChI=1S/C19H26N2O4/c1-13(22)20-15-8-10-16(11-9-15)21-18(25)19(2,12-17(23)24)14-6-4-3-5-7-14/h8-11,14H,3-7,12H2,1-2H3,(H,20,22)(H,21,25)(H,23,24)/t19-/m0/s1. The number of carbonyl (C=O) groups excluding carboxylic acids is 2. The van der Waals surface area contributed by atoms with E-state index >= 15 is 0 Å². The smallest absolute Gasteiger partial charge is 0.304 e. The molecular weight excluding hydrogens is 320 g/mol. The number of carboxylic acids is 1. The summed E-state index contributed by atoms with van der Waals surface area (Å²) < 4.78 is 0. The normalized spacial score (nSPS) is 17.4. The molecule has 1 aliphatic carbocycles. The molecule has 0 bridgehead atoms. The molecule has 0 aromatic heterocycles. The van der Waals surface area contributed by atoms with Gasteiger partial charge >= 0.3 is 5.97 Å². The maximum Gasteiger partial charge on any atom is 0.304 e. The van der Waals surface area contributed by atoms with Crippen LogP contribution in [0.1, 0.15) is 52.4 Å². The minimum atomic E-state index is -0.954. The Morgan fingerprint density at radius 1 is 1.04 bits per heavy atom. The maximum absolute atomic E-state index is 12.9. The van der Waals surface area contributed by atoms with Crippen molar-refractivity contribution in [2.24, 2.45) is 11.3 Å². The van der Waals surface area contributed by atoms with Gasteiger partial charge in [-0.3, -0.25) is 14.4 Å². The first-order valence-electron chi connectivity index (χ1n) is 8.72. The summed E-state index contributed by atoms with van der Waals surface area (Å²) in [6.07, 6.45) is 4.83. The van der Waals surface area contributed by atoms with Crippen molar-refractivity contribution in [1.82, 2.24) is 0 Å². The summed E-state index contributed by atoms with van der Waals surface area (Å²) in [5.74, 6) is -1.29. The van der Waals surface area contributed by atoms with E-state index < -0.39 is 11.4 Å². The van der Waals surface area contributed by atoms with Crippen molar-refractivity contribution in [3.63, 3.8) is 0 Å². The minimum Gasteiger partial charge on any atom is -0.481 e. The van der Waals surface area contributed by atoms with E-state index in [0.717, 1.165) is 32.1 Å². The van der Waals surface area contributed by atoms with Crippen LogP contribution in [0.4, 0.5) is 11.4 Å². The highest BCUT2D eigenvalue weighted by molar-refractivity contribution is 5.97. The zero-order valence-electron chi connectivity index (χ0n) is 14.8. The summed E-state index contributed by atoms with van der Waals surface area (Å²) in [7, 11) is 0. The van der Waals surface area contributed by atoms with E-state index in [-0.39, 0.29) is 24.2 Å². The lowest BCUT2D eigenvalue weighted by Crippen LogP contribution is -2.42. The van der Waals surface area contributed by atoms with E-state index in [4.69, 9.17) is 0 Å². The van der Waals surface area contributed by atoms with Crippen LogP contribution in [0.3, 0.4) is 0 Å². The van der Waals surface area contributed by atoms with Crippen LogP contribution in [-0.2, 0) is 14.4 Å². The Kier molecular flexibility index (Phi) is 6.17. The van der Waals surface area contributed by atoms with Crippen LogP contribution in [0.5, 0.6) is 0 Å². The molecule has 1 saturated carbocycles. The highest BCUT2D eigenvalue weighted by Gasteiger charge is 2.43. The summed E-state index contributed by atoms with van der Waals surface area (Å²) in [5.41, 5.74) is 0.306. The van der Waals surface area contributed by atoms with Gasteiger partial charge in [0.05, 0.1) is 11.8 Å². The molecule has 1 aromatic carbocycles. The van der Waals surface area contributed by atoms with Gasteiger partial charge in [-0.05, 0) is 49.9 Å². The molecule has 0 spiro atoms. The van der Waals surface area contributed by atoms with Gasteiger partial charge in [0.15, 0.2) is 0 Å². The highest BCUT2D eigenvalue weighted by Crippen LogP contribution is 2.42. The van der Waals surface area contributed by atoms with E-state index in [9.17, 15) is 19.5 Å². The third-order valence-electron chi connectivity index (χ3n) is 5.01. The zero-order chi connectivity index (χ0) is 18.4. The van der Waals surface area contributed by atoms with Gasteiger partial charge in [-0.2, -0.15) is 0 Å². The molecule has 136 valence electrons. The number of anilines is 2. The van der Waals surface area contributed by atoms with Crippen LogP contribution in [0.2, 0.25) is 0 Å². The topological polar surface area (TPSA) is 95.5 Å². The minimum absolute atomic E-state index is 0.0796. The first-order valence-corrected chi connectivity index (χ1v) is 8.72. The molecule has 0 unspecified atom stereocenters. The molecule has 6 nitrogen and oxygen atoms in total. The summed E-state index contributed by atoms with van der Waals surface area (Å²) in [4.78, 5) is 35.3. The average Bonchev–Trinajstić information content (AvgIpc) is 2.56. The predicted octanol–water partition coefficient (Wildman–Crippen LogP) is 3.64. The van der Waals surface area contributed by atoms with Crippen LogP contribution in [0.15, 0.2) is 24.3 Å². The molecule has 25 heavy (non-hydrogen) atoms. The van der Waals surface area contributed by atoms with E-state index in [1.165, 1.54) is 6.92 Å². The monoisotopic (exact) mass is 346 g/mol. The van der Waals surface area contributed by atoms with Gasteiger partial charge in [-0.15, -0.1) is 0 Å². The van der Waals surface area contributed by atoms with Crippen molar-refractivity contribution in [2.45, 2.75) is 52.4 Å². The third kappa shape index (κ3) is 5.05. The number of aliphatic carboxylic acids is 1. The summed E-state index contributed by atoms with van der Waals surface area (Å²) in [5, 5.41) is 14.8. The van der Waals surface area contributed by atoms with Gasteiger partial charge in [0.2, 0.25) is 11.8 Å². The fourth-order valence-electron chi connectivity index (χ4n) is 3.58. The Bertz CT molecular complexity index is 635. The average molecular weight is 346 g/mol. The summed E-state index contributed by atoms with van der Waals surface area (Å²) in [6.45, 7) is 3.19. The third-order valence-corrected chi connectivity index (χ3v) is 5.01. The highest BCUT2D eigenvalue weighted by atomic mass is 16.4. The van der Waals surface area contributed by atoms with Crippen molar-refractivity contribution >= 4 is 29.2 Å². The molecule has 1 fully saturated rings. The van der Waals surface area contributed by atoms with E-state index in [1.54, 1.807) is 31.2 Å². The van der Waals surface area contributed by atoms with Crippen molar-refractivity contribution in [3.8, 4) is 0 Å². The molecule has 0 radical (unpaired) electrons. The molecule has 6 heteroatoms. The van der Waals surface area contributed by atoms with Gasteiger partial charge in [-0.1, -0.05) is 19.3 Å². The molecule has 0 heterocycles. The van der Waals surface area contributed by atoms with Gasteiger partial charge in [0.25, 0.3) is 0 Å². The zero-order valence-corrected chi connectivity index (χ0v) is 14.8. The summed E-state index contributed by atoms with van der Waals surface area (Å²) >= 11 is 0. The second kappa shape index (κ2) is 8.14. The second-order valence-electron chi connectivity index (χ2n) is 7.04. The fourth-order valence-corrected chi connectivity index (χ4v) is 3.58. The van der Waals surface area contributed by atoms with Crippen molar-refractivity contribution in [1.29, 1.82) is 0 Å². The van der Waals surface area contributed by atoms with Crippen molar-refractivity contribution in [2.75, 3.05) is 10.6 Å². The van der Waals surface area contributed by atoms with Crippen LogP contribution in [-0.4, -0.2) is 22.9 Å². The van der Waals surface area contributed by atoms with Crippen LogP contribution < -0.4 is 10.6 Å². The predicted molar refractivity (Wildman–Crippen MR) is 96.3 cm³/mol. The van der Waals surface area contributed by atoms with Crippen LogP contribution in [0, 0.1) is 11.3 Å². The number of carboxylic acid groups (broad SMARTS) is 1. The Morgan fingerprint density at radius 2 is 1.56 bits per heavy atom. The molecule has 0 aliphatic heterocycles. The molecular formula is C19H26N2O4. The lowest BCUT2D eigenvalue weighted by atomic mass is 9.67. The Balaban J connectivity index is 2.13. The van der Waals surface area contributed by atoms with Gasteiger partial charge in [0.1, 0.15) is 0 Å². The van der Waals surface area contributed by atoms with Crippen LogP contribution >= 0.6 is 0 Å². The first kappa shape index (κ1) is 19.0. The van der Waals surface area contributed by atoms with Gasteiger partial charge in [-0.25, -0.2) is 0 Å². The van der Waals surface area contributed by atoms with Gasteiger partial charge < -0.3 is 15.7 Å². The SMILES string of the molecule is CC(=O)Nc1ccc(NC(=O)[C@@](C)(CC(=O)O)C2CCCCC2)cc1. The lowest BCUT2D eigenvalue weighted by Gasteiger charge is -2.37. The number of amides is 2. The van der Waals surface area contributed by atoms with E-state index in [2.05, 4.69) is 10.6 Å². The van der Waals surface area contributed by atoms with E-state index in [1.807, 2.05) is 0 Å². The number of hydrogen-bond donors (Lipinski definition) is 3. The van der Waals surface area contributed by atoms with E-state index in [0.29, 0.717) is 11.4 Å². The number of nitrogens with one attached hydrogen (secondary N) is 2. The molecule has 3 N–H and O–H groups in total. The Morgan fingerprint density at radius 3 is 2.04 bits per heavy atom. The lowest BCUT2D eigenvalue weighted by molar-refractivity contribution is -0.145. The number of benzene rings is 1. The first-order chi connectivity index (χ1) is 11.8. The second-order valence-corrected chi connectivity index (χ2v) is 7.04. The molecule has 1 aromatic rings. The molecule has 2 rings (SSSR count). The Hall–Kier alpha value is -2.37. The number of rotatable bonds is 6. The molecule has 1 atom stereocenters. The summed E-state index contributed by atoms with van der Waals surface area (Å²) in [6, 6.07) is 6.80. The number of carbonyl (C=O) groups is 3. The van der Waals surface area contributed by atoms with Crippen molar-refractivity contribution in [3.05, 3.63) is 24.3 Å². The van der Waals surface area contributed by atoms with Crippen LogP contribution in [0.25, 0.3) is 0 Å². The fraction of sp³-hybridized carbons (Fsp3) is 0.526. The molecule has 2 amide bonds. The quantitative estimate of drug-likeness (QED) is 0.733. The molecule has 1 aliphatic rings.